The van der Waals surface area contributed by atoms with Crippen molar-refractivity contribution in [1.82, 2.24) is 29.2 Å². The smallest absolute Gasteiger partial charge is 0.393 e. The van der Waals surface area contributed by atoms with Crippen LogP contribution in [0.1, 0.15) is 115 Å². The number of nitriles is 2. The number of benzene rings is 2. The number of anilines is 2. The minimum absolute atomic E-state index is 0.0281. The van der Waals surface area contributed by atoms with E-state index < -0.39 is 67.2 Å². The first kappa shape index (κ1) is 56.6. The molecule has 10 rings (SSSR count). The van der Waals surface area contributed by atoms with Gasteiger partial charge in [0.1, 0.15) is 60.2 Å². The summed E-state index contributed by atoms with van der Waals surface area (Å²) < 4.78 is 81.9. The third-order valence-corrected chi connectivity index (χ3v) is 16.9. The average Bonchev–Trinajstić information content (AvgIpc) is 3.05. The summed E-state index contributed by atoms with van der Waals surface area (Å²) in [5, 5.41) is 30.9. The van der Waals surface area contributed by atoms with Crippen molar-refractivity contribution in [2.24, 2.45) is 0 Å². The van der Waals surface area contributed by atoms with Crippen molar-refractivity contribution in [3.8, 4) is 23.6 Å². The van der Waals surface area contributed by atoms with Crippen molar-refractivity contribution in [1.29, 1.82) is 10.5 Å². The third-order valence-electron chi connectivity index (χ3n) is 14.7. The quantitative estimate of drug-likeness (QED) is 0.0421. The van der Waals surface area contributed by atoms with Crippen LogP contribution < -0.4 is 20.5 Å². The molecule has 4 aliphatic rings. The molecule has 0 bridgehead atoms. The molecular weight excluding hydrogens is 1080 g/mol. The third kappa shape index (κ3) is 11.3. The number of nitrogens with zero attached hydrogens (tertiary/aromatic N) is 8. The highest BCUT2D eigenvalue weighted by molar-refractivity contribution is 7.49. The summed E-state index contributed by atoms with van der Waals surface area (Å²) in [6.45, 7) is 10.1. The maximum Gasteiger partial charge on any atom is 0.587 e. The van der Waals surface area contributed by atoms with Crippen LogP contribution in [0, 0.1) is 22.7 Å². The molecule has 4 N–H and O–H groups in total. The van der Waals surface area contributed by atoms with Gasteiger partial charge >= 0.3 is 7.82 Å². The fourth-order valence-electron chi connectivity index (χ4n) is 11.1. The van der Waals surface area contributed by atoms with E-state index in [9.17, 15) is 10.5 Å². The molecule has 79 heavy (non-hydrogen) atoms. The van der Waals surface area contributed by atoms with Crippen molar-refractivity contribution in [2.75, 3.05) is 31.3 Å². The van der Waals surface area contributed by atoms with E-state index in [-0.39, 0.29) is 52.6 Å². The molecule has 420 valence electrons. The van der Waals surface area contributed by atoms with E-state index in [0.29, 0.717) is 53.2 Å². The van der Waals surface area contributed by atoms with Crippen LogP contribution in [-0.2, 0) is 66.3 Å². The first-order valence-corrected chi connectivity index (χ1v) is 29.0. The number of hydrogen-bond acceptors (Lipinski definition) is 19. The van der Waals surface area contributed by atoms with Gasteiger partial charge in [0.15, 0.2) is 34.7 Å². The zero-order valence-electron chi connectivity index (χ0n) is 44.7. The molecule has 4 fully saturated rings. The lowest BCUT2D eigenvalue weighted by Gasteiger charge is -2.29. The molecule has 4 aliphatic heterocycles. The molecule has 0 radical (unpaired) electrons. The number of phosphoric ester groups is 1. The van der Waals surface area contributed by atoms with Gasteiger partial charge in [0.05, 0.1) is 40.2 Å². The number of ether oxygens (including phenoxy) is 7. The molecule has 2 aromatic carbocycles. The van der Waals surface area contributed by atoms with E-state index in [1.165, 1.54) is 72.3 Å². The second kappa shape index (κ2) is 23.1. The maximum absolute atomic E-state index is 15.2. The van der Waals surface area contributed by atoms with Crippen molar-refractivity contribution < 1.29 is 51.3 Å². The topological polar surface area (TPSA) is 269 Å². The molecule has 0 amide bonds. The van der Waals surface area contributed by atoms with E-state index in [1.807, 2.05) is 0 Å². The van der Waals surface area contributed by atoms with Gasteiger partial charge in [-0.3, -0.25) is 4.52 Å². The molecule has 21 nitrogen and oxygen atoms in total. The van der Waals surface area contributed by atoms with E-state index in [4.69, 9.17) is 81.4 Å². The number of hydrogen-bond donors (Lipinski definition) is 2. The summed E-state index contributed by atoms with van der Waals surface area (Å²) in [6.07, 6.45) is 7.72. The minimum Gasteiger partial charge on any atom is -0.393 e. The Bertz CT molecular complexity index is 3120. The molecule has 24 heteroatoms. The van der Waals surface area contributed by atoms with Crippen LogP contribution in [0.3, 0.4) is 0 Å². The zero-order valence-corrected chi connectivity index (χ0v) is 47.1. The Morgan fingerprint density at radius 3 is 1.54 bits per heavy atom. The van der Waals surface area contributed by atoms with Gasteiger partial charge < -0.3 is 53.7 Å². The van der Waals surface area contributed by atoms with E-state index >= 15 is 4.57 Å². The highest BCUT2D eigenvalue weighted by Gasteiger charge is 2.66. The minimum atomic E-state index is -4.67. The van der Waals surface area contributed by atoms with Gasteiger partial charge in [0.25, 0.3) is 0 Å². The Balaban J connectivity index is 0.890. The largest absolute Gasteiger partial charge is 0.587 e. The Morgan fingerprint density at radius 2 is 1.08 bits per heavy atom. The predicted molar refractivity (Wildman–Crippen MR) is 290 cm³/mol. The summed E-state index contributed by atoms with van der Waals surface area (Å²) in [6, 6.07) is 21.5. The van der Waals surface area contributed by atoms with Gasteiger partial charge in [-0.05, 0) is 88.1 Å². The summed E-state index contributed by atoms with van der Waals surface area (Å²) >= 11 is 14.4. The number of aromatic nitrogens is 6. The molecule has 0 spiro atoms. The molecule has 0 aliphatic carbocycles. The van der Waals surface area contributed by atoms with Crippen LogP contribution >= 0.6 is 31.0 Å². The molecule has 4 saturated heterocycles. The van der Waals surface area contributed by atoms with Gasteiger partial charge in [0.2, 0.25) is 11.2 Å². The van der Waals surface area contributed by atoms with Crippen LogP contribution in [-0.4, -0.2) is 97.2 Å². The number of nitrogen functional groups attached to an aromatic ring is 2. The summed E-state index contributed by atoms with van der Waals surface area (Å²) in [4.78, 5) is 8.19. The Kier molecular flexibility index (Phi) is 16.5. The SMILES string of the molecule is CCCCCCCCCCOCCCOP(=O)(Oc1cccc(C[C@H]2O[C@@](C#N)(c3ccc4c(N)ncnn34)[C@@H]3OC(C)(C)O[C@@H]32)c1Cl)Oc1cccc(C[C@H]2O[C@@](C#N)(c3ccc4c(N)ncnn34)[C@@H]3OC(C)(C)O[C@@H]32)c1Cl. The lowest BCUT2D eigenvalue weighted by molar-refractivity contribution is -0.201. The van der Waals surface area contributed by atoms with Gasteiger partial charge in [0, 0.05) is 26.1 Å². The molecule has 0 saturated carbocycles. The predicted octanol–water partition coefficient (Wildman–Crippen LogP) is 10.1. The molecule has 8 atom stereocenters. The fourth-order valence-corrected chi connectivity index (χ4v) is 13.0. The van der Waals surface area contributed by atoms with Crippen LogP contribution in [0.25, 0.3) is 11.0 Å². The van der Waals surface area contributed by atoms with E-state index in [2.05, 4.69) is 39.2 Å². The highest BCUT2D eigenvalue weighted by atomic mass is 35.5. The number of halogens is 2. The summed E-state index contributed by atoms with van der Waals surface area (Å²) in [5.41, 5.74) is 11.7. The second-order valence-electron chi connectivity index (χ2n) is 21.1. The molecule has 4 aromatic heterocycles. The van der Waals surface area contributed by atoms with Gasteiger partial charge in [-0.15, -0.1) is 0 Å². The van der Waals surface area contributed by atoms with Crippen molar-refractivity contribution in [3.05, 3.63) is 106 Å². The standard InChI is InChI=1S/C55H65Cl2N10O11P/c1-6-7-8-9-10-11-12-13-25-69-26-16-27-70-79(68,77-38-19-14-17-34(44(38)56)28-40-46-48(75-52(2,3)73-46)54(30-58,71-40)42-23-21-36-50(60)62-32-64-66(36)42)78-39-20-15-18-35(45(39)57)29-41-47-49(76-53(4,5)74-47)55(31-59,72-41)43-24-22-37-51(61)63-33-65-67(37)43/h14-15,17-24,32-33,40-41,46-49H,6-13,16,25-29H2,1-5H3,(H2,60,62,64)(H2,61,63,65)/t40-,41-,46-,47-,48-,49-,54+,55+/m1/s1. The van der Waals surface area contributed by atoms with Crippen molar-refractivity contribution >= 4 is 53.7 Å². The van der Waals surface area contributed by atoms with Crippen LogP contribution in [0.2, 0.25) is 10.0 Å². The molecular formula is C55H65Cl2N10O11P. The van der Waals surface area contributed by atoms with Crippen LogP contribution in [0.15, 0.2) is 73.3 Å². The molecule has 8 heterocycles. The number of rotatable bonds is 24. The number of fused-ring (bicyclic) bond motifs is 4. The highest BCUT2D eigenvalue weighted by Crippen LogP contribution is 2.55. The van der Waals surface area contributed by atoms with Gasteiger partial charge in [-0.25, -0.2) is 23.6 Å². The fraction of sp³-hybridized carbons (Fsp3) is 0.527. The lowest BCUT2D eigenvalue weighted by Crippen LogP contribution is -2.40. The Labute approximate surface area is 468 Å². The number of unbranched alkanes of at least 4 members (excludes halogenated alkanes) is 7. The summed E-state index contributed by atoms with van der Waals surface area (Å²) in [7, 11) is -4.67. The second-order valence-corrected chi connectivity index (χ2v) is 23.4. The lowest BCUT2D eigenvalue weighted by atomic mass is 9.91. The first-order chi connectivity index (χ1) is 37.9. The zero-order chi connectivity index (χ0) is 55.7. The van der Waals surface area contributed by atoms with Crippen molar-refractivity contribution in [2.45, 2.75) is 165 Å². The van der Waals surface area contributed by atoms with E-state index in [0.717, 1.165) is 12.8 Å². The number of nitrogens with two attached hydrogens (primary N) is 2. The summed E-state index contributed by atoms with van der Waals surface area (Å²) in [5.74, 6) is -1.78. The Morgan fingerprint density at radius 1 is 0.620 bits per heavy atom. The Hall–Kier alpha value is -5.65. The van der Waals surface area contributed by atoms with Crippen molar-refractivity contribution in [3.63, 3.8) is 0 Å². The first-order valence-electron chi connectivity index (χ1n) is 26.8. The monoisotopic (exact) mass is 1140 g/mol. The van der Waals surface area contributed by atoms with Gasteiger partial charge in [-0.2, -0.15) is 20.7 Å². The molecule has 6 aromatic rings. The number of phosphoric acid groups is 1. The van der Waals surface area contributed by atoms with Crippen LogP contribution in [0.5, 0.6) is 11.5 Å². The van der Waals surface area contributed by atoms with E-state index in [1.54, 1.807) is 76.2 Å². The average molecular weight is 1140 g/mol. The maximum atomic E-state index is 15.2. The van der Waals surface area contributed by atoms with Crippen LogP contribution in [0.4, 0.5) is 11.6 Å². The van der Waals surface area contributed by atoms with Gasteiger partial charge in [-0.1, -0.05) is 99.3 Å². The normalized spacial score (nSPS) is 25.8. The molecule has 0 unspecified atom stereocenters.